The van der Waals surface area contributed by atoms with Gasteiger partial charge in [0.05, 0.1) is 57.4 Å². The first-order valence-electron chi connectivity index (χ1n) is 10.9. The largest absolute Gasteiger partial charge is 0.490 e. The third-order valence-electron chi connectivity index (χ3n) is 4.15. The fourth-order valence-corrected chi connectivity index (χ4v) is 3.30. The van der Waals surface area contributed by atoms with Gasteiger partial charge in [0.2, 0.25) is 0 Å². The summed E-state index contributed by atoms with van der Waals surface area (Å²) in [5.41, 5.74) is 0.154. The lowest BCUT2D eigenvalue weighted by Gasteiger charge is -2.44. The van der Waals surface area contributed by atoms with Gasteiger partial charge in [0.1, 0.15) is 19.0 Å². The van der Waals surface area contributed by atoms with Gasteiger partial charge in [0, 0.05) is 11.1 Å². The highest BCUT2D eigenvalue weighted by Gasteiger charge is 2.36. The Kier molecular flexibility index (Phi) is 12.9. The number of hydrogen-bond donors (Lipinski definition) is 0. The zero-order chi connectivity index (χ0) is 24.0. The smallest absolute Gasteiger partial charge is 0.410 e. The highest BCUT2D eigenvalue weighted by atomic mass is 35.5. The topological polar surface area (TPSA) is 79.4 Å². The van der Waals surface area contributed by atoms with Crippen LogP contribution < -0.4 is 4.74 Å². The summed E-state index contributed by atoms with van der Waals surface area (Å²) in [6.45, 7) is 15.2. The van der Waals surface area contributed by atoms with Gasteiger partial charge in [0.15, 0.2) is 0 Å². The number of rotatable bonds is 14. The minimum absolute atomic E-state index is 0.203. The monoisotopic (exact) mass is 474 g/mol. The average Bonchev–Trinajstić information content (AvgIpc) is 2.69. The van der Waals surface area contributed by atoms with E-state index >= 15 is 0 Å². The number of ether oxygens (including phenoxy) is 5. The summed E-state index contributed by atoms with van der Waals surface area (Å²) in [5, 5.41) is 0. The van der Waals surface area contributed by atoms with Crippen LogP contribution in [0.4, 0.5) is 4.79 Å². The Bertz CT molecular complexity index is 629. The van der Waals surface area contributed by atoms with Crippen LogP contribution in [-0.4, -0.2) is 79.9 Å². The molecule has 1 amide bonds. The molecule has 1 rings (SSSR count). The summed E-state index contributed by atoms with van der Waals surface area (Å²) < 4.78 is 27.2. The molecular weight excluding hydrogens is 436 g/mol. The van der Waals surface area contributed by atoms with Crippen LogP contribution in [0.15, 0.2) is 18.3 Å². The predicted molar refractivity (Wildman–Crippen MR) is 124 cm³/mol. The Morgan fingerprint density at radius 2 is 1.34 bits per heavy atom. The number of aromatic nitrogens is 1. The summed E-state index contributed by atoms with van der Waals surface area (Å²) in [6, 6.07) is 3.66. The Labute approximate surface area is 197 Å². The molecule has 0 fully saturated rings. The SMILES string of the molecule is CC(C)(C)N(C(=O)OCCOCCOCCOCCOc1ccc(CCl)nc1)C(C)(C)C. The molecule has 0 bridgehead atoms. The molecular formula is C23H39ClN2O6. The molecule has 0 aliphatic rings. The van der Waals surface area contributed by atoms with E-state index in [0.29, 0.717) is 57.9 Å². The second-order valence-corrected chi connectivity index (χ2v) is 9.36. The quantitative estimate of drug-likeness (QED) is 0.294. The molecule has 1 aromatic heterocycles. The molecule has 9 heteroatoms. The van der Waals surface area contributed by atoms with E-state index in [1.807, 2.05) is 53.7 Å². The van der Waals surface area contributed by atoms with Crippen molar-refractivity contribution in [3.63, 3.8) is 0 Å². The van der Waals surface area contributed by atoms with Crippen molar-refractivity contribution in [1.82, 2.24) is 9.88 Å². The lowest BCUT2D eigenvalue weighted by molar-refractivity contribution is -0.0112. The van der Waals surface area contributed by atoms with Crippen molar-refractivity contribution < 1.29 is 28.5 Å². The van der Waals surface area contributed by atoms with E-state index in [0.717, 1.165) is 5.69 Å². The predicted octanol–water partition coefficient (Wildman–Crippen LogP) is 4.28. The van der Waals surface area contributed by atoms with Crippen LogP contribution in [-0.2, 0) is 24.8 Å². The molecule has 1 aromatic rings. The number of pyridine rings is 1. The Hall–Kier alpha value is -1.61. The standard InChI is InChI=1S/C23H39ClN2O6/c1-22(2,3)26(23(4,5)6)21(27)32-16-14-30-12-10-28-9-11-29-13-15-31-20-8-7-19(17-24)25-18-20/h7-8,18H,9-17H2,1-6H3. The van der Waals surface area contributed by atoms with E-state index in [2.05, 4.69) is 4.98 Å². The van der Waals surface area contributed by atoms with Crippen molar-refractivity contribution in [1.29, 1.82) is 0 Å². The zero-order valence-corrected chi connectivity index (χ0v) is 21.1. The van der Waals surface area contributed by atoms with Crippen molar-refractivity contribution in [2.24, 2.45) is 0 Å². The third-order valence-corrected chi connectivity index (χ3v) is 4.43. The number of amides is 1. The molecule has 32 heavy (non-hydrogen) atoms. The molecule has 0 spiro atoms. The van der Waals surface area contributed by atoms with Gasteiger partial charge >= 0.3 is 6.09 Å². The van der Waals surface area contributed by atoms with Gasteiger partial charge in [-0.3, -0.25) is 9.88 Å². The summed E-state index contributed by atoms with van der Waals surface area (Å²) in [6.07, 6.45) is 1.31. The van der Waals surface area contributed by atoms with Crippen molar-refractivity contribution in [2.45, 2.75) is 58.5 Å². The number of carbonyl (C=O) groups is 1. The molecule has 0 aromatic carbocycles. The lowest BCUT2D eigenvalue weighted by Crippen LogP contribution is -2.56. The van der Waals surface area contributed by atoms with E-state index < -0.39 is 0 Å². The number of alkyl halides is 1. The summed E-state index contributed by atoms with van der Waals surface area (Å²) >= 11 is 5.69. The van der Waals surface area contributed by atoms with E-state index in [4.69, 9.17) is 35.3 Å². The van der Waals surface area contributed by atoms with Gasteiger partial charge < -0.3 is 23.7 Å². The Balaban J connectivity index is 1.98. The molecule has 0 aliphatic carbocycles. The van der Waals surface area contributed by atoms with Gasteiger partial charge in [-0.25, -0.2) is 4.79 Å². The summed E-state index contributed by atoms with van der Waals surface area (Å²) in [7, 11) is 0. The molecule has 8 nitrogen and oxygen atoms in total. The lowest BCUT2D eigenvalue weighted by atomic mass is 9.97. The fourth-order valence-electron chi connectivity index (χ4n) is 3.14. The molecule has 0 radical (unpaired) electrons. The molecule has 184 valence electrons. The highest BCUT2D eigenvalue weighted by Crippen LogP contribution is 2.25. The van der Waals surface area contributed by atoms with Crippen molar-refractivity contribution in [3.05, 3.63) is 24.0 Å². The second-order valence-electron chi connectivity index (χ2n) is 9.10. The van der Waals surface area contributed by atoms with E-state index in [-0.39, 0.29) is 23.8 Å². The number of carbonyl (C=O) groups excluding carboxylic acids is 1. The van der Waals surface area contributed by atoms with Crippen molar-refractivity contribution in [3.8, 4) is 5.75 Å². The van der Waals surface area contributed by atoms with Gasteiger partial charge in [-0.1, -0.05) is 0 Å². The maximum absolute atomic E-state index is 12.4. The number of hydrogen-bond acceptors (Lipinski definition) is 7. The minimum Gasteiger partial charge on any atom is -0.490 e. The first-order valence-corrected chi connectivity index (χ1v) is 11.4. The minimum atomic E-state index is -0.338. The maximum atomic E-state index is 12.4. The maximum Gasteiger partial charge on any atom is 0.410 e. The molecule has 0 saturated heterocycles. The molecule has 0 unspecified atom stereocenters. The van der Waals surface area contributed by atoms with Crippen LogP contribution in [0.3, 0.4) is 0 Å². The Morgan fingerprint density at radius 1 is 0.844 bits per heavy atom. The van der Waals surface area contributed by atoms with E-state index in [1.54, 1.807) is 11.1 Å². The van der Waals surface area contributed by atoms with Crippen LogP contribution in [0.2, 0.25) is 0 Å². The molecule has 0 saturated carbocycles. The van der Waals surface area contributed by atoms with E-state index in [9.17, 15) is 4.79 Å². The fraction of sp³-hybridized carbons (Fsp3) is 0.739. The van der Waals surface area contributed by atoms with Crippen molar-refractivity contribution >= 4 is 17.7 Å². The summed E-state index contributed by atoms with van der Waals surface area (Å²) in [4.78, 5) is 18.3. The van der Waals surface area contributed by atoms with Gasteiger partial charge in [-0.15, -0.1) is 11.6 Å². The molecule has 0 atom stereocenters. The van der Waals surface area contributed by atoms with Crippen LogP contribution in [0.25, 0.3) is 0 Å². The highest BCUT2D eigenvalue weighted by molar-refractivity contribution is 6.16. The molecule has 0 aliphatic heterocycles. The van der Waals surface area contributed by atoms with Gasteiger partial charge in [0.25, 0.3) is 0 Å². The van der Waals surface area contributed by atoms with Crippen LogP contribution in [0.1, 0.15) is 47.2 Å². The van der Waals surface area contributed by atoms with Gasteiger partial charge in [-0.05, 0) is 53.7 Å². The number of halogens is 1. The first kappa shape index (κ1) is 28.4. The number of nitrogens with zero attached hydrogens (tertiary/aromatic N) is 2. The third kappa shape index (κ3) is 11.9. The first-order chi connectivity index (χ1) is 15.1. The van der Waals surface area contributed by atoms with Crippen LogP contribution >= 0.6 is 11.6 Å². The molecule has 1 heterocycles. The molecule has 0 N–H and O–H groups in total. The second kappa shape index (κ2) is 14.5. The normalized spacial score (nSPS) is 12.0. The summed E-state index contributed by atoms with van der Waals surface area (Å²) in [5.74, 6) is 1.07. The van der Waals surface area contributed by atoms with Crippen LogP contribution in [0.5, 0.6) is 5.75 Å². The van der Waals surface area contributed by atoms with Crippen LogP contribution in [0, 0.1) is 0 Å². The average molecular weight is 475 g/mol. The van der Waals surface area contributed by atoms with E-state index in [1.165, 1.54) is 0 Å². The Morgan fingerprint density at radius 3 is 1.78 bits per heavy atom. The van der Waals surface area contributed by atoms with Crippen molar-refractivity contribution in [2.75, 3.05) is 52.9 Å². The van der Waals surface area contributed by atoms with Gasteiger partial charge in [-0.2, -0.15) is 0 Å². The zero-order valence-electron chi connectivity index (χ0n) is 20.3.